The van der Waals surface area contributed by atoms with Gasteiger partial charge in [-0.2, -0.15) is 0 Å². The van der Waals surface area contributed by atoms with Gasteiger partial charge in [0.15, 0.2) is 0 Å². The third-order valence-electron chi connectivity index (χ3n) is 5.80. The van der Waals surface area contributed by atoms with Crippen molar-refractivity contribution in [1.82, 2.24) is 10.2 Å². The predicted octanol–water partition coefficient (Wildman–Crippen LogP) is 3.42. The van der Waals surface area contributed by atoms with Gasteiger partial charge in [-0.15, -0.1) is 0 Å². The fraction of sp³-hybridized carbons (Fsp3) is 0.391. The van der Waals surface area contributed by atoms with Crippen LogP contribution in [0.25, 0.3) is 0 Å². The van der Waals surface area contributed by atoms with Gasteiger partial charge in [0, 0.05) is 43.0 Å². The Balaban J connectivity index is 1.24. The summed E-state index contributed by atoms with van der Waals surface area (Å²) in [5.74, 6) is 0.364. The smallest absolute Gasteiger partial charge is 0.322 e. The summed E-state index contributed by atoms with van der Waals surface area (Å²) in [7, 11) is 0. The second kappa shape index (κ2) is 8.66. The number of fused-ring (bicyclic) bond motifs is 1. The summed E-state index contributed by atoms with van der Waals surface area (Å²) < 4.78 is 0. The molecule has 3 amide bonds. The molecule has 0 aromatic heterocycles. The van der Waals surface area contributed by atoms with Crippen molar-refractivity contribution in [3.05, 3.63) is 60.2 Å². The number of benzene rings is 2. The van der Waals surface area contributed by atoms with E-state index in [1.165, 1.54) is 5.56 Å². The van der Waals surface area contributed by atoms with Crippen LogP contribution in [0.15, 0.2) is 54.6 Å². The Morgan fingerprint density at radius 1 is 1.00 bits per heavy atom. The highest BCUT2D eigenvalue weighted by Crippen LogP contribution is 2.35. The van der Waals surface area contributed by atoms with Crippen molar-refractivity contribution in [3.8, 4) is 0 Å². The molecule has 1 saturated heterocycles. The number of hydrogen-bond acceptors (Lipinski definition) is 3. The summed E-state index contributed by atoms with van der Waals surface area (Å²) in [6, 6.07) is 17.8. The average molecular weight is 393 g/mol. The largest absolute Gasteiger partial charge is 0.335 e. The zero-order valence-corrected chi connectivity index (χ0v) is 16.8. The highest BCUT2D eigenvalue weighted by Gasteiger charge is 2.31. The number of carbonyl (C=O) groups excluding carboxylic acids is 2. The quantitative estimate of drug-likeness (QED) is 0.838. The monoisotopic (exact) mass is 392 g/mol. The lowest BCUT2D eigenvalue weighted by Gasteiger charge is -2.33. The fourth-order valence-electron chi connectivity index (χ4n) is 4.23. The summed E-state index contributed by atoms with van der Waals surface area (Å²) >= 11 is 0. The minimum Gasteiger partial charge on any atom is -0.335 e. The van der Waals surface area contributed by atoms with E-state index in [2.05, 4.69) is 28.5 Å². The SMILES string of the molecule is CC1CN(C(=O)NC2CCN(CC(=O)Nc3ccccc3)CC2)c2ccccc21. The van der Waals surface area contributed by atoms with E-state index in [4.69, 9.17) is 0 Å². The first kappa shape index (κ1) is 19.5. The third kappa shape index (κ3) is 4.59. The Labute approximate surface area is 171 Å². The zero-order chi connectivity index (χ0) is 20.2. The number of urea groups is 1. The summed E-state index contributed by atoms with van der Waals surface area (Å²) in [5, 5.41) is 6.12. The van der Waals surface area contributed by atoms with Crippen LogP contribution < -0.4 is 15.5 Å². The van der Waals surface area contributed by atoms with Crippen molar-refractivity contribution in [3.63, 3.8) is 0 Å². The van der Waals surface area contributed by atoms with Crippen LogP contribution in [0.2, 0.25) is 0 Å². The molecular formula is C23H28N4O2. The molecule has 0 bridgehead atoms. The number of rotatable bonds is 4. The maximum absolute atomic E-state index is 12.8. The first-order valence-corrected chi connectivity index (χ1v) is 10.3. The van der Waals surface area contributed by atoms with Gasteiger partial charge in [-0.1, -0.05) is 43.3 Å². The van der Waals surface area contributed by atoms with Crippen LogP contribution in [0.1, 0.15) is 31.2 Å². The van der Waals surface area contributed by atoms with Crippen LogP contribution in [-0.4, -0.2) is 49.1 Å². The summed E-state index contributed by atoms with van der Waals surface area (Å²) in [5.41, 5.74) is 3.08. The number of hydrogen-bond donors (Lipinski definition) is 2. The summed E-state index contributed by atoms with van der Waals surface area (Å²) in [6.45, 7) is 4.88. The van der Waals surface area contributed by atoms with Crippen LogP contribution in [0.4, 0.5) is 16.2 Å². The molecule has 1 unspecified atom stereocenters. The number of amides is 3. The van der Waals surface area contributed by atoms with Crippen molar-refractivity contribution in [2.24, 2.45) is 0 Å². The van der Waals surface area contributed by atoms with Crippen LogP contribution in [0.5, 0.6) is 0 Å². The Morgan fingerprint density at radius 2 is 1.69 bits per heavy atom. The molecular weight excluding hydrogens is 364 g/mol. The van der Waals surface area contributed by atoms with Gasteiger partial charge in [-0.25, -0.2) is 4.79 Å². The van der Waals surface area contributed by atoms with Gasteiger partial charge >= 0.3 is 6.03 Å². The van der Waals surface area contributed by atoms with Crippen LogP contribution in [0.3, 0.4) is 0 Å². The maximum Gasteiger partial charge on any atom is 0.322 e. The van der Waals surface area contributed by atoms with E-state index < -0.39 is 0 Å². The van der Waals surface area contributed by atoms with Crippen molar-refractivity contribution >= 4 is 23.3 Å². The molecule has 1 atom stereocenters. The number of carbonyl (C=O) groups is 2. The molecule has 0 aliphatic carbocycles. The highest BCUT2D eigenvalue weighted by molar-refractivity contribution is 5.95. The van der Waals surface area contributed by atoms with E-state index in [0.717, 1.165) is 43.9 Å². The zero-order valence-electron chi connectivity index (χ0n) is 16.8. The lowest BCUT2D eigenvalue weighted by molar-refractivity contribution is -0.117. The van der Waals surface area contributed by atoms with Gasteiger partial charge in [-0.3, -0.25) is 14.6 Å². The highest BCUT2D eigenvalue weighted by atomic mass is 16.2. The van der Waals surface area contributed by atoms with Crippen LogP contribution in [-0.2, 0) is 4.79 Å². The molecule has 4 rings (SSSR count). The first-order chi connectivity index (χ1) is 14.1. The Morgan fingerprint density at radius 3 is 2.45 bits per heavy atom. The van der Waals surface area contributed by atoms with Gasteiger partial charge in [-0.05, 0) is 36.6 Å². The molecule has 1 fully saturated rings. The lowest BCUT2D eigenvalue weighted by Crippen LogP contribution is -2.50. The molecule has 2 aliphatic heterocycles. The molecule has 0 saturated carbocycles. The number of anilines is 2. The molecule has 6 nitrogen and oxygen atoms in total. The normalized spacial score (nSPS) is 19.6. The van der Waals surface area contributed by atoms with Crippen molar-refractivity contribution < 1.29 is 9.59 Å². The maximum atomic E-state index is 12.8. The molecule has 6 heteroatoms. The summed E-state index contributed by atoms with van der Waals surface area (Å²) in [4.78, 5) is 29.1. The van der Waals surface area contributed by atoms with Crippen LogP contribution >= 0.6 is 0 Å². The topological polar surface area (TPSA) is 64.7 Å². The fourth-order valence-corrected chi connectivity index (χ4v) is 4.23. The van der Waals surface area contributed by atoms with E-state index in [-0.39, 0.29) is 18.0 Å². The van der Waals surface area contributed by atoms with E-state index in [9.17, 15) is 9.59 Å². The molecule has 0 radical (unpaired) electrons. The molecule has 152 valence electrons. The van der Waals surface area contributed by atoms with Crippen molar-refractivity contribution in [2.75, 3.05) is 36.4 Å². The Kier molecular flexibility index (Phi) is 5.81. The predicted molar refractivity (Wildman–Crippen MR) is 115 cm³/mol. The number of nitrogens with zero attached hydrogens (tertiary/aromatic N) is 2. The molecule has 2 aliphatic rings. The Hall–Kier alpha value is -2.86. The number of nitrogens with one attached hydrogen (secondary N) is 2. The minimum atomic E-state index is -0.0120. The van der Waals surface area contributed by atoms with E-state index in [1.807, 2.05) is 53.4 Å². The second-order valence-electron chi connectivity index (χ2n) is 7.98. The molecule has 2 aromatic rings. The Bertz CT molecular complexity index is 862. The van der Waals surface area contributed by atoms with Crippen LogP contribution in [0, 0.1) is 0 Å². The molecule has 0 spiro atoms. The third-order valence-corrected chi connectivity index (χ3v) is 5.80. The lowest BCUT2D eigenvalue weighted by atomic mass is 10.0. The van der Waals surface area contributed by atoms with E-state index in [1.54, 1.807) is 0 Å². The van der Waals surface area contributed by atoms with Gasteiger partial charge in [0.05, 0.1) is 6.54 Å². The van der Waals surface area contributed by atoms with E-state index >= 15 is 0 Å². The van der Waals surface area contributed by atoms with Gasteiger partial charge in [0.2, 0.25) is 5.91 Å². The van der Waals surface area contributed by atoms with Gasteiger partial charge in [0.25, 0.3) is 0 Å². The molecule has 29 heavy (non-hydrogen) atoms. The number of para-hydroxylation sites is 2. The molecule has 2 aromatic carbocycles. The molecule has 2 heterocycles. The summed E-state index contributed by atoms with van der Waals surface area (Å²) in [6.07, 6.45) is 1.71. The molecule has 2 N–H and O–H groups in total. The van der Waals surface area contributed by atoms with Crippen molar-refractivity contribution in [2.45, 2.75) is 31.7 Å². The first-order valence-electron chi connectivity index (χ1n) is 10.3. The van der Waals surface area contributed by atoms with Gasteiger partial charge in [0.1, 0.15) is 0 Å². The van der Waals surface area contributed by atoms with E-state index in [0.29, 0.717) is 12.5 Å². The minimum absolute atomic E-state index is 0.00125. The average Bonchev–Trinajstić information content (AvgIpc) is 3.07. The second-order valence-corrected chi connectivity index (χ2v) is 7.98. The standard InChI is InChI=1S/C23H28N4O2/c1-17-15-27(21-10-6-5-9-20(17)21)23(29)25-19-11-13-26(14-12-19)16-22(28)24-18-7-3-2-4-8-18/h2-10,17,19H,11-16H2,1H3,(H,24,28)(H,25,29). The van der Waals surface area contributed by atoms with Crippen molar-refractivity contribution in [1.29, 1.82) is 0 Å². The number of piperidine rings is 1. The van der Waals surface area contributed by atoms with Gasteiger partial charge < -0.3 is 10.6 Å². The number of likely N-dealkylation sites (tertiary alicyclic amines) is 1.